The van der Waals surface area contributed by atoms with Crippen LogP contribution in [0.4, 0.5) is 0 Å². The van der Waals surface area contributed by atoms with Gasteiger partial charge in [0, 0.05) is 6.04 Å². The van der Waals surface area contributed by atoms with Crippen molar-refractivity contribution in [3.8, 4) is 5.75 Å². The Bertz CT molecular complexity index is 433. The van der Waals surface area contributed by atoms with E-state index in [1.807, 2.05) is 12.1 Å². The SMILES string of the molecule is CCCCCN(C)C1CCc2cc(OC)ccc2C1O. The topological polar surface area (TPSA) is 32.7 Å². The summed E-state index contributed by atoms with van der Waals surface area (Å²) < 4.78 is 5.26. The zero-order valence-electron chi connectivity index (χ0n) is 12.9. The van der Waals surface area contributed by atoms with E-state index >= 15 is 0 Å². The molecule has 3 nitrogen and oxygen atoms in total. The van der Waals surface area contributed by atoms with E-state index in [0.29, 0.717) is 0 Å². The Morgan fingerprint density at radius 1 is 1.35 bits per heavy atom. The molecule has 0 radical (unpaired) electrons. The highest BCUT2D eigenvalue weighted by atomic mass is 16.5. The molecule has 20 heavy (non-hydrogen) atoms. The Balaban J connectivity index is 2.05. The maximum Gasteiger partial charge on any atom is 0.119 e. The van der Waals surface area contributed by atoms with Crippen molar-refractivity contribution in [2.24, 2.45) is 0 Å². The van der Waals surface area contributed by atoms with Crippen LogP contribution in [0.5, 0.6) is 5.75 Å². The summed E-state index contributed by atoms with van der Waals surface area (Å²) in [5, 5.41) is 10.6. The van der Waals surface area contributed by atoms with Crippen molar-refractivity contribution in [1.82, 2.24) is 4.90 Å². The molecule has 112 valence electrons. The normalized spacial score (nSPS) is 21.9. The van der Waals surface area contributed by atoms with E-state index in [4.69, 9.17) is 4.74 Å². The van der Waals surface area contributed by atoms with E-state index in [-0.39, 0.29) is 12.1 Å². The molecular formula is C17H27NO2. The molecule has 2 unspecified atom stereocenters. The van der Waals surface area contributed by atoms with Crippen LogP contribution in [0.15, 0.2) is 18.2 Å². The second-order valence-electron chi connectivity index (χ2n) is 5.80. The lowest BCUT2D eigenvalue weighted by molar-refractivity contribution is 0.0491. The van der Waals surface area contributed by atoms with Crippen molar-refractivity contribution in [2.45, 2.75) is 51.2 Å². The van der Waals surface area contributed by atoms with Crippen LogP contribution in [0.3, 0.4) is 0 Å². The molecule has 0 spiro atoms. The van der Waals surface area contributed by atoms with E-state index in [9.17, 15) is 5.11 Å². The van der Waals surface area contributed by atoms with Crippen LogP contribution in [0.25, 0.3) is 0 Å². The van der Waals surface area contributed by atoms with Gasteiger partial charge in [0.25, 0.3) is 0 Å². The highest BCUT2D eigenvalue weighted by Gasteiger charge is 2.30. The van der Waals surface area contributed by atoms with Gasteiger partial charge in [0.15, 0.2) is 0 Å². The summed E-state index contributed by atoms with van der Waals surface area (Å²) in [6.07, 6.45) is 5.38. The summed E-state index contributed by atoms with van der Waals surface area (Å²) in [4.78, 5) is 2.33. The largest absolute Gasteiger partial charge is 0.497 e. The molecule has 0 fully saturated rings. The predicted molar refractivity (Wildman–Crippen MR) is 82.2 cm³/mol. The fourth-order valence-electron chi connectivity index (χ4n) is 3.12. The van der Waals surface area contributed by atoms with Gasteiger partial charge in [-0.25, -0.2) is 0 Å². The van der Waals surface area contributed by atoms with E-state index in [1.165, 1.54) is 24.8 Å². The Hall–Kier alpha value is -1.06. The lowest BCUT2D eigenvalue weighted by Crippen LogP contribution is -2.40. The number of benzene rings is 1. The first kappa shape index (κ1) is 15.3. The number of likely N-dealkylation sites (N-methyl/N-ethyl adjacent to an activating group) is 1. The number of aryl methyl sites for hydroxylation is 1. The maximum absolute atomic E-state index is 10.6. The van der Waals surface area contributed by atoms with Gasteiger partial charge < -0.3 is 14.7 Å². The third-order valence-electron chi connectivity index (χ3n) is 4.42. The highest BCUT2D eigenvalue weighted by molar-refractivity contribution is 5.39. The minimum Gasteiger partial charge on any atom is -0.497 e. The van der Waals surface area contributed by atoms with Gasteiger partial charge in [-0.1, -0.05) is 25.8 Å². The molecule has 0 saturated heterocycles. The molecule has 0 saturated carbocycles. The number of aliphatic hydroxyl groups excluding tert-OH is 1. The Labute approximate surface area is 122 Å². The van der Waals surface area contributed by atoms with Gasteiger partial charge >= 0.3 is 0 Å². The number of fused-ring (bicyclic) bond motifs is 1. The van der Waals surface area contributed by atoms with Crippen LogP contribution < -0.4 is 4.74 Å². The smallest absolute Gasteiger partial charge is 0.119 e. The van der Waals surface area contributed by atoms with Crippen LogP contribution in [0, 0.1) is 0 Å². The standard InChI is InChI=1S/C17H27NO2/c1-4-5-6-11-18(2)16-10-7-13-12-14(20-3)8-9-15(13)17(16)19/h8-9,12,16-17,19H,4-7,10-11H2,1-3H3. The van der Waals surface area contributed by atoms with Crippen LogP contribution in [-0.2, 0) is 6.42 Å². The summed E-state index contributed by atoms with van der Waals surface area (Å²) in [6.45, 7) is 3.29. The van der Waals surface area contributed by atoms with Crippen LogP contribution >= 0.6 is 0 Å². The molecule has 1 aromatic carbocycles. The fraction of sp³-hybridized carbons (Fsp3) is 0.647. The number of nitrogens with zero attached hydrogens (tertiary/aromatic N) is 1. The van der Waals surface area contributed by atoms with Gasteiger partial charge in [-0.2, -0.15) is 0 Å². The maximum atomic E-state index is 10.6. The van der Waals surface area contributed by atoms with Gasteiger partial charge in [0.1, 0.15) is 5.75 Å². The Morgan fingerprint density at radius 2 is 2.15 bits per heavy atom. The summed E-state index contributed by atoms with van der Waals surface area (Å²) >= 11 is 0. The molecule has 0 bridgehead atoms. The Morgan fingerprint density at radius 3 is 2.85 bits per heavy atom. The van der Waals surface area contributed by atoms with Crippen molar-refractivity contribution >= 4 is 0 Å². The number of aliphatic hydroxyl groups is 1. The lowest BCUT2D eigenvalue weighted by atomic mass is 9.85. The molecule has 0 amide bonds. The Kier molecular flexibility index (Phi) is 5.44. The van der Waals surface area contributed by atoms with Crippen molar-refractivity contribution in [1.29, 1.82) is 0 Å². The van der Waals surface area contributed by atoms with Crippen LogP contribution in [-0.4, -0.2) is 36.8 Å². The molecule has 3 heteroatoms. The second kappa shape index (κ2) is 7.09. The third kappa shape index (κ3) is 3.33. The zero-order chi connectivity index (χ0) is 14.5. The molecule has 2 rings (SSSR count). The third-order valence-corrected chi connectivity index (χ3v) is 4.42. The molecule has 1 N–H and O–H groups in total. The molecule has 1 aliphatic carbocycles. The number of methoxy groups -OCH3 is 1. The van der Waals surface area contributed by atoms with E-state index in [2.05, 4.69) is 24.9 Å². The van der Waals surface area contributed by atoms with Gasteiger partial charge in [0.2, 0.25) is 0 Å². The first-order valence-electron chi connectivity index (χ1n) is 7.72. The quantitative estimate of drug-likeness (QED) is 0.811. The summed E-state index contributed by atoms with van der Waals surface area (Å²) in [5.74, 6) is 0.880. The minimum absolute atomic E-state index is 0.243. The highest BCUT2D eigenvalue weighted by Crippen LogP contribution is 2.34. The monoisotopic (exact) mass is 277 g/mol. The van der Waals surface area contributed by atoms with Gasteiger partial charge in [-0.15, -0.1) is 0 Å². The molecule has 2 atom stereocenters. The number of hydrogen-bond acceptors (Lipinski definition) is 3. The van der Waals surface area contributed by atoms with Crippen molar-refractivity contribution in [2.75, 3.05) is 20.7 Å². The number of rotatable bonds is 6. The molecule has 0 aromatic heterocycles. The average molecular weight is 277 g/mol. The van der Waals surface area contributed by atoms with E-state index in [0.717, 1.165) is 30.7 Å². The zero-order valence-corrected chi connectivity index (χ0v) is 12.9. The van der Waals surface area contributed by atoms with Crippen LogP contribution in [0.1, 0.15) is 49.8 Å². The summed E-state index contributed by atoms with van der Waals surface area (Å²) in [6, 6.07) is 6.27. The minimum atomic E-state index is -0.378. The van der Waals surface area contributed by atoms with Gasteiger partial charge in [-0.3, -0.25) is 0 Å². The van der Waals surface area contributed by atoms with Gasteiger partial charge in [-0.05, 0) is 56.1 Å². The van der Waals surface area contributed by atoms with Crippen LogP contribution in [0.2, 0.25) is 0 Å². The average Bonchev–Trinajstić information content (AvgIpc) is 2.47. The van der Waals surface area contributed by atoms with Crippen molar-refractivity contribution in [3.63, 3.8) is 0 Å². The van der Waals surface area contributed by atoms with Crippen molar-refractivity contribution in [3.05, 3.63) is 29.3 Å². The summed E-state index contributed by atoms with van der Waals surface area (Å²) in [5.41, 5.74) is 2.31. The van der Waals surface area contributed by atoms with Crippen molar-refractivity contribution < 1.29 is 9.84 Å². The first-order chi connectivity index (χ1) is 9.67. The fourth-order valence-corrected chi connectivity index (χ4v) is 3.12. The number of ether oxygens (including phenoxy) is 1. The first-order valence-corrected chi connectivity index (χ1v) is 7.72. The number of hydrogen-bond donors (Lipinski definition) is 1. The molecule has 1 aromatic rings. The van der Waals surface area contributed by atoms with Gasteiger partial charge in [0.05, 0.1) is 13.2 Å². The lowest BCUT2D eigenvalue weighted by Gasteiger charge is -2.36. The molecule has 1 aliphatic rings. The molecule has 0 aliphatic heterocycles. The predicted octanol–water partition coefficient (Wildman–Crippen LogP) is 3.17. The molecule has 0 heterocycles. The van der Waals surface area contributed by atoms with E-state index in [1.54, 1.807) is 7.11 Å². The van der Waals surface area contributed by atoms with E-state index < -0.39 is 0 Å². The molecular weight excluding hydrogens is 250 g/mol. The second-order valence-corrected chi connectivity index (χ2v) is 5.80. The number of unbranched alkanes of at least 4 members (excludes halogenated alkanes) is 2. The summed E-state index contributed by atoms with van der Waals surface area (Å²) in [7, 11) is 3.82.